The average Bonchev–Trinajstić information content (AvgIpc) is 2.92. The van der Waals surface area contributed by atoms with E-state index in [9.17, 15) is 9.59 Å². The SMILES string of the molecule is CCCCCCNC(=O)c1cccc(CN2CCCC2=O)c1. The molecule has 0 aliphatic carbocycles. The van der Waals surface area contributed by atoms with Crippen LogP contribution >= 0.6 is 0 Å². The lowest BCUT2D eigenvalue weighted by Crippen LogP contribution is -2.26. The zero-order valence-electron chi connectivity index (χ0n) is 13.4. The van der Waals surface area contributed by atoms with E-state index in [-0.39, 0.29) is 11.8 Å². The van der Waals surface area contributed by atoms with Gasteiger partial charge in [0.15, 0.2) is 0 Å². The smallest absolute Gasteiger partial charge is 0.251 e. The predicted octanol–water partition coefficient (Wildman–Crippen LogP) is 3.12. The summed E-state index contributed by atoms with van der Waals surface area (Å²) in [5.74, 6) is 0.192. The summed E-state index contributed by atoms with van der Waals surface area (Å²) in [7, 11) is 0. The van der Waals surface area contributed by atoms with Gasteiger partial charge in [-0.05, 0) is 30.5 Å². The molecule has 0 bridgehead atoms. The van der Waals surface area contributed by atoms with Crippen LogP contribution in [0.15, 0.2) is 24.3 Å². The van der Waals surface area contributed by atoms with Crippen molar-refractivity contribution < 1.29 is 9.59 Å². The number of hydrogen-bond donors (Lipinski definition) is 1. The fourth-order valence-corrected chi connectivity index (χ4v) is 2.76. The fourth-order valence-electron chi connectivity index (χ4n) is 2.76. The standard InChI is InChI=1S/C18H26N2O2/c1-2-3-4-5-11-19-18(22)16-9-6-8-15(13-16)14-20-12-7-10-17(20)21/h6,8-9,13H,2-5,7,10-12,14H2,1H3,(H,19,22). The number of likely N-dealkylation sites (tertiary alicyclic amines) is 1. The van der Waals surface area contributed by atoms with Crippen molar-refractivity contribution in [3.63, 3.8) is 0 Å². The Kier molecular flexibility index (Phi) is 6.44. The molecule has 0 unspecified atom stereocenters. The topological polar surface area (TPSA) is 49.4 Å². The third-order valence-corrected chi connectivity index (χ3v) is 4.05. The van der Waals surface area contributed by atoms with Gasteiger partial charge in [-0.15, -0.1) is 0 Å². The maximum Gasteiger partial charge on any atom is 0.251 e. The quantitative estimate of drug-likeness (QED) is 0.750. The summed E-state index contributed by atoms with van der Waals surface area (Å²) in [6.07, 6.45) is 6.20. The molecule has 1 aromatic carbocycles. The van der Waals surface area contributed by atoms with Crippen LogP contribution < -0.4 is 5.32 Å². The number of carbonyl (C=O) groups excluding carboxylic acids is 2. The summed E-state index contributed by atoms with van der Waals surface area (Å²) in [5.41, 5.74) is 1.70. The van der Waals surface area contributed by atoms with E-state index >= 15 is 0 Å². The van der Waals surface area contributed by atoms with Gasteiger partial charge in [0.05, 0.1) is 0 Å². The second-order valence-electron chi connectivity index (χ2n) is 5.94. The molecule has 1 aromatic rings. The van der Waals surface area contributed by atoms with Gasteiger partial charge in [-0.2, -0.15) is 0 Å². The molecule has 0 atom stereocenters. The van der Waals surface area contributed by atoms with Crippen molar-refractivity contribution >= 4 is 11.8 Å². The van der Waals surface area contributed by atoms with Crippen molar-refractivity contribution in [1.29, 1.82) is 0 Å². The lowest BCUT2D eigenvalue weighted by atomic mass is 10.1. The molecule has 1 aliphatic heterocycles. The second kappa shape index (κ2) is 8.57. The first-order chi connectivity index (χ1) is 10.7. The molecule has 1 heterocycles. The van der Waals surface area contributed by atoms with Crippen molar-refractivity contribution in [1.82, 2.24) is 10.2 Å². The molecule has 2 amide bonds. The maximum atomic E-state index is 12.1. The van der Waals surface area contributed by atoms with E-state index in [0.717, 1.165) is 37.9 Å². The Bertz CT molecular complexity index is 514. The Hall–Kier alpha value is -1.84. The largest absolute Gasteiger partial charge is 0.352 e. The summed E-state index contributed by atoms with van der Waals surface area (Å²) in [5, 5.41) is 2.97. The molecule has 1 N–H and O–H groups in total. The van der Waals surface area contributed by atoms with Crippen molar-refractivity contribution in [2.45, 2.75) is 52.0 Å². The van der Waals surface area contributed by atoms with E-state index in [1.165, 1.54) is 12.8 Å². The summed E-state index contributed by atoms with van der Waals surface area (Å²) in [6.45, 7) is 4.34. The lowest BCUT2D eigenvalue weighted by Gasteiger charge is -2.16. The molecule has 1 fully saturated rings. The van der Waals surface area contributed by atoms with Crippen molar-refractivity contribution in [3.8, 4) is 0 Å². The second-order valence-corrected chi connectivity index (χ2v) is 5.94. The van der Waals surface area contributed by atoms with Crippen molar-refractivity contribution in [2.24, 2.45) is 0 Å². The third kappa shape index (κ3) is 4.86. The molecule has 22 heavy (non-hydrogen) atoms. The van der Waals surface area contributed by atoms with Gasteiger partial charge in [0.1, 0.15) is 0 Å². The normalized spacial score (nSPS) is 14.4. The predicted molar refractivity (Wildman–Crippen MR) is 87.6 cm³/mol. The molecule has 0 aromatic heterocycles. The van der Waals surface area contributed by atoms with E-state index in [1.807, 2.05) is 29.2 Å². The van der Waals surface area contributed by atoms with E-state index in [0.29, 0.717) is 18.5 Å². The van der Waals surface area contributed by atoms with Gasteiger partial charge in [0.25, 0.3) is 5.91 Å². The van der Waals surface area contributed by atoms with Crippen LogP contribution in [0.2, 0.25) is 0 Å². The van der Waals surface area contributed by atoms with E-state index in [2.05, 4.69) is 12.2 Å². The molecule has 1 aliphatic rings. The zero-order chi connectivity index (χ0) is 15.8. The van der Waals surface area contributed by atoms with Crippen LogP contribution in [0.4, 0.5) is 0 Å². The van der Waals surface area contributed by atoms with Gasteiger partial charge in [-0.25, -0.2) is 0 Å². The molecule has 120 valence electrons. The molecular weight excluding hydrogens is 276 g/mol. The summed E-state index contributed by atoms with van der Waals surface area (Å²) >= 11 is 0. The Balaban J connectivity index is 1.84. The van der Waals surface area contributed by atoms with Gasteiger partial charge < -0.3 is 10.2 Å². The van der Waals surface area contributed by atoms with E-state index in [4.69, 9.17) is 0 Å². The van der Waals surface area contributed by atoms with Crippen LogP contribution in [0.3, 0.4) is 0 Å². The number of rotatable bonds is 8. The van der Waals surface area contributed by atoms with Gasteiger partial charge in [-0.3, -0.25) is 9.59 Å². The summed E-state index contributed by atoms with van der Waals surface area (Å²) < 4.78 is 0. The van der Waals surface area contributed by atoms with Crippen LogP contribution in [0, 0.1) is 0 Å². The van der Waals surface area contributed by atoms with E-state index in [1.54, 1.807) is 0 Å². The molecule has 1 saturated heterocycles. The van der Waals surface area contributed by atoms with Crippen LogP contribution in [0.25, 0.3) is 0 Å². The highest BCUT2D eigenvalue weighted by molar-refractivity contribution is 5.94. The Labute approximate surface area is 132 Å². The molecule has 4 heteroatoms. The zero-order valence-corrected chi connectivity index (χ0v) is 13.4. The number of nitrogens with one attached hydrogen (secondary N) is 1. The number of amides is 2. The number of nitrogens with zero attached hydrogens (tertiary/aromatic N) is 1. The molecule has 2 rings (SSSR count). The number of hydrogen-bond acceptors (Lipinski definition) is 2. The third-order valence-electron chi connectivity index (χ3n) is 4.05. The molecular formula is C18H26N2O2. The minimum atomic E-state index is -0.0221. The first kappa shape index (κ1) is 16.5. The Morgan fingerprint density at radius 2 is 2.14 bits per heavy atom. The maximum absolute atomic E-state index is 12.1. The van der Waals surface area contributed by atoms with Crippen molar-refractivity contribution in [3.05, 3.63) is 35.4 Å². The molecule has 0 saturated carbocycles. The van der Waals surface area contributed by atoms with Crippen LogP contribution in [-0.4, -0.2) is 29.8 Å². The number of unbranched alkanes of at least 4 members (excludes halogenated alkanes) is 3. The summed E-state index contributed by atoms with van der Waals surface area (Å²) in [4.78, 5) is 25.7. The Morgan fingerprint density at radius 1 is 1.27 bits per heavy atom. The molecule has 4 nitrogen and oxygen atoms in total. The lowest BCUT2D eigenvalue weighted by molar-refractivity contribution is -0.128. The van der Waals surface area contributed by atoms with Gasteiger partial charge in [0, 0.05) is 31.6 Å². The highest BCUT2D eigenvalue weighted by Crippen LogP contribution is 2.15. The highest BCUT2D eigenvalue weighted by atomic mass is 16.2. The highest BCUT2D eigenvalue weighted by Gasteiger charge is 2.20. The van der Waals surface area contributed by atoms with Crippen molar-refractivity contribution in [2.75, 3.05) is 13.1 Å². The monoisotopic (exact) mass is 302 g/mol. The molecule has 0 radical (unpaired) electrons. The van der Waals surface area contributed by atoms with Gasteiger partial charge >= 0.3 is 0 Å². The molecule has 0 spiro atoms. The fraction of sp³-hybridized carbons (Fsp3) is 0.556. The van der Waals surface area contributed by atoms with Gasteiger partial charge in [-0.1, -0.05) is 38.3 Å². The van der Waals surface area contributed by atoms with Crippen LogP contribution in [0.5, 0.6) is 0 Å². The Morgan fingerprint density at radius 3 is 2.86 bits per heavy atom. The average molecular weight is 302 g/mol. The van der Waals surface area contributed by atoms with E-state index < -0.39 is 0 Å². The van der Waals surface area contributed by atoms with Gasteiger partial charge in [0.2, 0.25) is 5.91 Å². The minimum Gasteiger partial charge on any atom is -0.352 e. The summed E-state index contributed by atoms with van der Waals surface area (Å²) in [6, 6.07) is 7.59. The van der Waals surface area contributed by atoms with Crippen LogP contribution in [0.1, 0.15) is 61.4 Å². The first-order valence-corrected chi connectivity index (χ1v) is 8.35. The van der Waals surface area contributed by atoms with Crippen LogP contribution in [-0.2, 0) is 11.3 Å². The first-order valence-electron chi connectivity index (χ1n) is 8.35. The number of carbonyl (C=O) groups is 2. The number of benzene rings is 1. The minimum absolute atomic E-state index is 0.0221.